The molecule has 76 valence electrons. The Hall–Kier alpha value is -0.0800. The van der Waals surface area contributed by atoms with Crippen molar-refractivity contribution in [3.63, 3.8) is 0 Å². The van der Waals surface area contributed by atoms with E-state index in [1.165, 1.54) is 32.2 Å². The number of aliphatic hydroxyl groups excluding tert-OH is 1. The van der Waals surface area contributed by atoms with Crippen molar-refractivity contribution in [2.45, 2.75) is 51.2 Å². The van der Waals surface area contributed by atoms with E-state index in [1.54, 1.807) is 0 Å². The van der Waals surface area contributed by atoms with Gasteiger partial charge in [0.15, 0.2) is 0 Å². The molecule has 0 amide bonds. The molecule has 2 nitrogen and oxygen atoms in total. The van der Waals surface area contributed by atoms with Crippen molar-refractivity contribution in [2.24, 2.45) is 5.92 Å². The van der Waals surface area contributed by atoms with Crippen LogP contribution in [0.4, 0.5) is 0 Å². The first kappa shape index (κ1) is 9.47. The zero-order valence-electron chi connectivity index (χ0n) is 8.58. The molecule has 1 aliphatic carbocycles. The van der Waals surface area contributed by atoms with Gasteiger partial charge in [0.1, 0.15) is 0 Å². The zero-order valence-corrected chi connectivity index (χ0v) is 8.58. The summed E-state index contributed by atoms with van der Waals surface area (Å²) in [5.74, 6) is 1.01. The highest BCUT2D eigenvalue weighted by atomic mass is 16.3. The molecule has 2 aliphatic rings. The van der Waals surface area contributed by atoms with Crippen molar-refractivity contribution in [1.29, 1.82) is 0 Å². The third-order valence-electron chi connectivity index (χ3n) is 3.42. The van der Waals surface area contributed by atoms with Crippen molar-refractivity contribution in [2.75, 3.05) is 13.1 Å². The lowest BCUT2D eigenvalue weighted by molar-refractivity contribution is 0.0472. The van der Waals surface area contributed by atoms with Crippen molar-refractivity contribution in [3.05, 3.63) is 0 Å². The minimum atomic E-state index is -0.0598. The lowest BCUT2D eigenvalue weighted by Crippen LogP contribution is -2.43. The Balaban J connectivity index is 1.76. The van der Waals surface area contributed by atoms with Gasteiger partial charge in [0.05, 0.1) is 6.10 Å². The number of β-amino-alcohol motifs (C(OH)–C–C–N with tert-alkyl or cyclic N) is 1. The molecule has 1 saturated carbocycles. The molecule has 1 heterocycles. The Labute approximate surface area is 80.9 Å². The molecule has 2 unspecified atom stereocenters. The number of piperidine rings is 1. The number of hydrogen-bond acceptors (Lipinski definition) is 2. The van der Waals surface area contributed by atoms with Crippen LogP contribution in [0.3, 0.4) is 0 Å². The maximum Gasteiger partial charge on any atom is 0.0667 e. The predicted molar refractivity (Wildman–Crippen MR) is 53.6 cm³/mol. The van der Waals surface area contributed by atoms with E-state index < -0.39 is 0 Å². The van der Waals surface area contributed by atoms with Crippen LogP contribution in [0, 0.1) is 5.92 Å². The first-order chi connectivity index (χ1) is 6.25. The van der Waals surface area contributed by atoms with Crippen LogP contribution in [-0.2, 0) is 0 Å². The van der Waals surface area contributed by atoms with Gasteiger partial charge < -0.3 is 5.11 Å². The molecule has 2 heteroatoms. The zero-order chi connectivity index (χ0) is 9.26. The Bertz CT molecular complexity index is 167. The molecule has 13 heavy (non-hydrogen) atoms. The molecule has 2 fully saturated rings. The second-order valence-corrected chi connectivity index (χ2v) is 4.82. The van der Waals surface area contributed by atoms with Crippen LogP contribution in [0.2, 0.25) is 0 Å². The third-order valence-corrected chi connectivity index (χ3v) is 3.42. The summed E-state index contributed by atoms with van der Waals surface area (Å²) in [6, 6.07) is 0.697. The van der Waals surface area contributed by atoms with E-state index in [0.717, 1.165) is 18.9 Å². The second kappa shape index (κ2) is 3.97. The highest BCUT2D eigenvalue weighted by Crippen LogP contribution is 2.34. The summed E-state index contributed by atoms with van der Waals surface area (Å²) in [5, 5.41) is 9.54. The molecule has 2 rings (SSSR count). The Morgan fingerprint density at radius 3 is 2.77 bits per heavy atom. The van der Waals surface area contributed by atoms with Crippen LogP contribution in [0.1, 0.15) is 39.0 Å². The van der Waals surface area contributed by atoms with Gasteiger partial charge in [-0.15, -0.1) is 0 Å². The molecule has 0 bridgehead atoms. The lowest BCUT2D eigenvalue weighted by Gasteiger charge is -2.34. The SMILES string of the molecule is CC(CC1CC1)N1CCCC(O)C1. The Morgan fingerprint density at radius 1 is 1.38 bits per heavy atom. The Morgan fingerprint density at radius 2 is 2.15 bits per heavy atom. The fourth-order valence-electron chi connectivity index (χ4n) is 2.37. The number of likely N-dealkylation sites (tertiary alicyclic amines) is 1. The molecule has 2 atom stereocenters. The van der Waals surface area contributed by atoms with Gasteiger partial charge in [0, 0.05) is 12.6 Å². The van der Waals surface area contributed by atoms with Crippen LogP contribution in [-0.4, -0.2) is 35.2 Å². The highest BCUT2D eigenvalue weighted by molar-refractivity contribution is 4.82. The summed E-state index contributed by atoms with van der Waals surface area (Å²) in [7, 11) is 0. The third kappa shape index (κ3) is 2.68. The summed E-state index contributed by atoms with van der Waals surface area (Å²) < 4.78 is 0. The minimum Gasteiger partial charge on any atom is -0.392 e. The van der Waals surface area contributed by atoms with Crippen molar-refractivity contribution in [3.8, 4) is 0 Å². The van der Waals surface area contributed by atoms with Crippen LogP contribution in [0.25, 0.3) is 0 Å². The van der Waals surface area contributed by atoms with E-state index in [-0.39, 0.29) is 6.10 Å². The van der Waals surface area contributed by atoms with E-state index in [4.69, 9.17) is 0 Å². The summed E-state index contributed by atoms with van der Waals surface area (Å²) in [4.78, 5) is 2.46. The molecule has 1 saturated heterocycles. The van der Waals surface area contributed by atoms with Crippen LogP contribution in [0.5, 0.6) is 0 Å². The predicted octanol–water partition coefficient (Wildman–Crippen LogP) is 1.63. The normalized spacial score (nSPS) is 33.2. The first-order valence-electron chi connectivity index (χ1n) is 5.68. The minimum absolute atomic E-state index is 0.0598. The van der Waals surface area contributed by atoms with Crippen molar-refractivity contribution in [1.82, 2.24) is 4.90 Å². The van der Waals surface area contributed by atoms with Gasteiger partial charge in [-0.05, 0) is 38.6 Å². The lowest BCUT2D eigenvalue weighted by atomic mass is 10.0. The van der Waals surface area contributed by atoms with Crippen LogP contribution in [0.15, 0.2) is 0 Å². The van der Waals surface area contributed by atoms with Gasteiger partial charge >= 0.3 is 0 Å². The number of hydrogen-bond donors (Lipinski definition) is 1. The molecule has 0 aromatic rings. The monoisotopic (exact) mass is 183 g/mol. The van der Waals surface area contributed by atoms with Crippen LogP contribution >= 0.6 is 0 Å². The van der Waals surface area contributed by atoms with E-state index >= 15 is 0 Å². The van der Waals surface area contributed by atoms with E-state index in [2.05, 4.69) is 11.8 Å². The molecule has 1 aliphatic heterocycles. The molecule has 0 radical (unpaired) electrons. The summed E-state index contributed by atoms with van der Waals surface area (Å²) in [5.41, 5.74) is 0. The van der Waals surface area contributed by atoms with Gasteiger partial charge in [-0.2, -0.15) is 0 Å². The number of rotatable bonds is 3. The molecule has 0 aromatic carbocycles. The van der Waals surface area contributed by atoms with E-state index in [0.29, 0.717) is 6.04 Å². The number of nitrogens with zero attached hydrogens (tertiary/aromatic N) is 1. The van der Waals surface area contributed by atoms with Crippen molar-refractivity contribution >= 4 is 0 Å². The van der Waals surface area contributed by atoms with E-state index in [1.807, 2.05) is 0 Å². The summed E-state index contributed by atoms with van der Waals surface area (Å²) in [6.07, 6.45) is 6.37. The maximum absolute atomic E-state index is 9.54. The van der Waals surface area contributed by atoms with Gasteiger partial charge in [0.2, 0.25) is 0 Å². The first-order valence-corrected chi connectivity index (χ1v) is 5.68. The average Bonchev–Trinajstić information content (AvgIpc) is 2.88. The maximum atomic E-state index is 9.54. The van der Waals surface area contributed by atoms with Gasteiger partial charge in [-0.25, -0.2) is 0 Å². The fraction of sp³-hybridized carbons (Fsp3) is 1.00. The average molecular weight is 183 g/mol. The number of aliphatic hydroxyl groups is 1. The smallest absolute Gasteiger partial charge is 0.0667 e. The van der Waals surface area contributed by atoms with Gasteiger partial charge in [-0.3, -0.25) is 4.90 Å². The Kier molecular flexibility index (Phi) is 2.89. The molecule has 0 aromatic heterocycles. The second-order valence-electron chi connectivity index (χ2n) is 4.82. The van der Waals surface area contributed by atoms with Gasteiger partial charge in [0.25, 0.3) is 0 Å². The quantitative estimate of drug-likeness (QED) is 0.719. The standard InChI is InChI=1S/C11H21NO/c1-9(7-10-4-5-10)12-6-2-3-11(13)8-12/h9-11,13H,2-8H2,1H3. The largest absolute Gasteiger partial charge is 0.392 e. The van der Waals surface area contributed by atoms with Crippen molar-refractivity contribution < 1.29 is 5.11 Å². The fourth-order valence-corrected chi connectivity index (χ4v) is 2.37. The topological polar surface area (TPSA) is 23.5 Å². The van der Waals surface area contributed by atoms with E-state index in [9.17, 15) is 5.11 Å². The molecule has 0 spiro atoms. The molecule has 1 N–H and O–H groups in total. The molecular formula is C11H21NO. The highest BCUT2D eigenvalue weighted by Gasteiger charge is 2.28. The molecular weight excluding hydrogens is 162 g/mol. The summed E-state index contributed by atoms with van der Waals surface area (Å²) >= 11 is 0. The summed E-state index contributed by atoms with van der Waals surface area (Å²) in [6.45, 7) is 4.43. The van der Waals surface area contributed by atoms with Crippen LogP contribution < -0.4 is 0 Å². The van der Waals surface area contributed by atoms with Gasteiger partial charge in [-0.1, -0.05) is 12.8 Å².